The van der Waals surface area contributed by atoms with Gasteiger partial charge < -0.3 is 0 Å². The molecular weight excluding hydrogens is 327 g/mol. The van der Waals surface area contributed by atoms with Gasteiger partial charge in [0.1, 0.15) is 4.99 Å². The van der Waals surface area contributed by atoms with E-state index >= 15 is 0 Å². The molecule has 0 saturated carbocycles. The van der Waals surface area contributed by atoms with Crippen molar-refractivity contribution in [2.75, 3.05) is 0 Å². The average molecular weight is 336 g/mol. The van der Waals surface area contributed by atoms with Crippen molar-refractivity contribution in [2.24, 2.45) is 0 Å². The quantitative estimate of drug-likeness (QED) is 0.356. The first-order chi connectivity index (χ1) is 9.23. The number of rotatable bonds is 6. The zero-order valence-corrected chi connectivity index (χ0v) is 12.5. The Balaban J connectivity index is 3.17. The van der Waals surface area contributed by atoms with Gasteiger partial charge in [0.15, 0.2) is 0 Å². The van der Waals surface area contributed by atoms with E-state index in [1.807, 2.05) is 0 Å². The highest BCUT2D eigenvalue weighted by molar-refractivity contribution is 7.86. The molecule has 0 heterocycles. The Bertz CT molecular complexity index is 612. The topological polar surface area (TPSA) is 120 Å². The third-order valence-corrected chi connectivity index (χ3v) is 4.42. The minimum atomic E-state index is -2.79. The molecule has 1 aromatic carbocycles. The summed E-state index contributed by atoms with van der Waals surface area (Å²) in [7, 11) is -2.79. The lowest BCUT2D eigenvalue weighted by molar-refractivity contribution is -0.394. The Hall–Kier alpha value is -1.38. The van der Waals surface area contributed by atoms with Crippen LogP contribution in [0, 0.1) is 20.2 Å². The molecule has 0 aliphatic carbocycles. The van der Waals surface area contributed by atoms with Crippen LogP contribution in [-0.2, 0) is 9.13 Å². The number of thiol groups is 2. The fraction of sp³-hybridized carbons (Fsp3) is 0.333. The molecule has 11 heteroatoms. The van der Waals surface area contributed by atoms with Crippen LogP contribution in [-0.4, -0.2) is 14.8 Å². The lowest BCUT2D eigenvalue weighted by Gasteiger charge is -2.11. The largest absolute Gasteiger partial charge is 0.328 e. The van der Waals surface area contributed by atoms with Gasteiger partial charge in [-0.2, -0.15) is 25.3 Å². The van der Waals surface area contributed by atoms with Crippen LogP contribution in [0.3, 0.4) is 0 Å². The van der Waals surface area contributed by atoms with Crippen LogP contribution in [0.5, 0.6) is 0 Å². The molecule has 0 saturated heterocycles. The summed E-state index contributed by atoms with van der Waals surface area (Å²) in [5.41, 5.74) is -0.779. The highest BCUT2D eigenvalue weighted by atomic mass is 32.1. The Labute approximate surface area is 124 Å². The van der Waals surface area contributed by atoms with Crippen molar-refractivity contribution in [2.45, 2.75) is 16.7 Å². The van der Waals surface area contributed by atoms with E-state index in [1.54, 1.807) is 0 Å². The standard InChI is InChI=1S/C9H9N2O6PS2/c12-10(13)5-1-2-6(7(3-5)11(14)15)8(19)4-9(20)18(16)17/h1-3,8-9,19-20H,4H2/t8-,9+/m1/s1. The molecule has 0 aliphatic rings. The molecule has 0 amide bonds. The lowest BCUT2D eigenvalue weighted by atomic mass is 10.1. The number of benzene rings is 1. The zero-order valence-electron chi connectivity index (χ0n) is 9.78. The van der Waals surface area contributed by atoms with Crippen molar-refractivity contribution in [1.82, 2.24) is 0 Å². The summed E-state index contributed by atoms with van der Waals surface area (Å²) in [4.78, 5) is 19.0. The predicted molar refractivity (Wildman–Crippen MR) is 77.2 cm³/mol. The number of non-ortho nitro benzene ring substituents is 1. The number of hydrogen-bond acceptors (Lipinski definition) is 8. The molecule has 8 nitrogen and oxygen atoms in total. The molecule has 0 bridgehead atoms. The molecule has 1 aromatic rings. The molecule has 1 rings (SSSR count). The van der Waals surface area contributed by atoms with Gasteiger partial charge in [-0.25, -0.2) is 9.13 Å². The molecule has 0 aromatic heterocycles. The molecule has 0 aliphatic heterocycles. The van der Waals surface area contributed by atoms with E-state index in [-0.39, 0.29) is 12.0 Å². The lowest BCUT2D eigenvalue weighted by Crippen LogP contribution is -2.03. The first-order valence-corrected chi connectivity index (χ1v) is 7.44. The van der Waals surface area contributed by atoms with E-state index in [0.717, 1.165) is 12.1 Å². The van der Waals surface area contributed by atoms with Crippen LogP contribution < -0.4 is 0 Å². The van der Waals surface area contributed by atoms with Crippen LogP contribution in [0.25, 0.3) is 0 Å². The Morgan fingerprint density at radius 2 is 1.75 bits per heavy atom. The van der Waals surface area contributed by atoms with Crippen LogP contribution >= 0.6 is 32.9 Å². The van der Waals surface area contributed by atoms with Crippen LogP contribution in [0.15, 0.2) is 18.2 Å². The molecule has 20 heavy (non-hydrogen) atoms. The fourth-order valence-electron chi connectivity index (χ4n) is 1.50. The smallest absolute Gasteiger partial charge is 0.258 e. The second-order valence-electron chi connectivity index (χ2n) is 3.77. The van der Waals surface area contributed by atoms with E-state index in [0.29, 0.717) is 0 Å². The van der Waals surface area contributed by atoms with Gasteiger partial charge in [-0.05, 0) is 12.5 Å². The summed E-state index contributed by atoms with van der Waals surface area (Å²) in [6, 6.07) is 3.13. The number of nitro benzene ring substituents is 2. The van der Waals surface area contributed by atoms with Gasteiger partial charge in [0, 0.05) is 16.9 Å². The average Bonchev–Trinajstić information content (AvgIpc) is 2.37. The fourth-order valence-corrected chi connectivity index (χ4v) is 2.85. The van der Waals surface area contributed by atoms with E-state index in [4.69, 9.17) is 0 Å². The van der Waals surface area contributed by atoms with Gasteiger partial charge >= 0.3 is 7.68 Å². The van der Waals surface area contributed by atoms with Crippen molar-refractivity contribution < 1.29 is 19.0 Å². The SMILES string of the molecule is O=[N+]([O-])c1ccc([C@H](S)C[C@H](S)P(=O)=O)c([N+](=O)[O-])c1. The minimum Gasteiger partial charge on any atom is -0.258 e. The Kier molecular flexibility index (Phi) is 5.73. The second kappa shape index (κ2) is 6.87. The van der Waals surface area contributed by atoms with Gasteiger partial charge in [-0.1, -0.05) is 0 Å². The molecule has 0 fully saturated rings. The number of nitro groups is 2. The van der Waals surface area contributed by atoms with Crippen molar-refractivity contribution in [3.8, 4) is 0 Å². The van der Waals surface area contributed by atoms with Crippen molar-refractivity contribution >= 4 is 44.3 Å². The van der Waals surface area contributed by atoms with E-state index < -0.39 is 39.1 Å². The summed E-state index contributed by atoms with van der Waals surface area (Å²) >= 11 is 7.94. The Morgan fingerprint density at radius 1 is 1.15 bits per heavy atom. The summed E-state index contributed by atoms with van der Waals surface area (Å²) in [5.74, 6) is 0. The normalized spacial score (nSPS) is 13.5. The maximum absolute atomic E-state index is 10.9. The summed E-state index contributed by atoms with van der Waals surface area (Å²) in [6.07, 6.45) is -0.0520. The van der Waals surface area contributed by atoms with Gasteiger partial charge in [-0.3, -0.25) is 20.2 Å². The van der Waals surface area contributed by atoms with Crippen LogP contribution in [0.2, 0.25) is 0 Å². The molecule has 108 valence electrons. The molecule has 0 unspecified atom stereocenters. The first-order valence-electron chi connectivity index (χ1n) is 5.16. The van der Waals surface area contributed by atoms with Crippen LogP contribution in [0.4, 0.5) is 11.4 Å². The molecule has 0 spiro atoms. The predicted octanol–water partition coefficient (Wildman–Crippen LogP) is 3.29. The van der Waals surface area contributed by atoms with Crippen molar-refractivity contribution in [3.05, 3.63) is 44.0 Å². The molecule has 2 atom stereocenters. The summed E-state index contributed by atoms with van der Waals surface area (Å²) in [6.45, 7) is 0. The van der Waals surface area contributed by atoms with Gasteiger partial charge in [0.05, 0.1) is 15.9 Å². The first kappa shape index (κ1) is 16.7. The highest BCUT2D eigenvalue weighted by Crippen LogP contribution is 2.38. The molecule has 0 N–H and O–H groups in total. The third kappa shape index (κ3) is 4.06. The number of nitrogens with zero attached hydrogens (tertiary/aromatic N) is 2. The second-order valence-corrected chi connectivity index (χ2v) is 6.62. The zero-order chi connectivity index (χ0) is 15.4. The van der Waals surface area contributed by atoms with Gasteiger partial charge in [0.2, 0.25) is 0 Å². The summed E-state index contributed by atoms with van der Waals surface area (Å²) < 4.78 is 21.5. The maximum Gasteiger partial charge on any atom is 0.328 e. The highest BCUT2D eigenvalue weighted by Gasteiger charge is 2.25. The van der Waals surface area contributed by atoms with Gasteiger partial charge in [0.25, 0.3) is 11.4 Å². The molecule has 0 radical (unpaired) electrons. The van der Waals surface area contributed by atoms with E-state index in [2.05, 4.69) is 25.3 Å². The molecular formula is C9H9N2O6PS2. The maximum atomic E-state index is 10.9. The van der Waals surface area contributed by atoms with Crippen LogP contribution in [0.1, 0.15) is 17.2 Å². The van der Waals surface area contributed by atoms with Crippen molar-refractivity contribution in [3.63, 3.8) is 0 Å². The summed E-state index contributed by atoms with van der Waals surface area (Å²) in [5, 5.41) is 20.8. The van der Waals surface area contributed by atoms with Crippen molar-refractivity contribution in [1.29, 1.82) is 0 Å². The van der Waals surface area contributed by atoms with Gasteiger partial charge in [-0.15, -0.1) is 0 Å². The minimum absolute atomic E-state index is 0.0520. The van der Waals surface area contributed by atoms with E-state index in [9.17, 15) is 29.4 Å². The number of hydrogen-bond donors (Lipinski definition) is 2. The monoisotopic (exact) mass is 336 g/mol. The Morgan fingerprint density at radius 3 is 2.20 bits per heavy atom. The third-order valence-electron chi connectivity index (χ3n) is 2.46. The van der Waals surface area contributed by atoms with E-state index in [1.165, 1.54) is 6.07 Å².